The predicted molar refractivity (Wildman–Crippen MR) is 109 cm³/mol. The highest BCUT2D eigenvalue weighted by Crippen LogP contribution is 2.35. The van der Waals surface area contributed by atoms with Gasteiger partial charge in [-0.15, -0.1) is 0 Å². The first-order chi connectivity index (χ1) is 14.4. The number of anilines is 2. The summed E-state index contributed by atoms with van der Waals surface area (Å²) in [6.45, 7) is 1.68. The normalized spacial score (nSPS) is 16.2. The number of nitrogens with zero attached hydrogens (tertiary/aromatic N) is 5. The van der Waals surface area contributed by atoms with E-state index in [1.54, 1.807) is 11.0 Å². The van der Waals surface area contributed by atoms with E-state index >= 15 is 0 Å². The van der Waals surface area contributed by atoms with Crippen molar-refractivity contribution < 1.29 is 19.2 Å². The van der Waals surface area contributed by atoms with E-state index in [4.69, 9.17) is 16.3 Å². The minimum atomic E-state index is -0.553. The zero-order chi connectivity index (χ0) is 21.3. The molecule has 2 aromatic rings. The van der Waals surface area contributed by atoms with E-state index in [9.17, 15) is 19.7 Å². The fraction of sp³-hybridized carbons (Fsp3) is 0.316. The van der Waals surface area contributed by atoms with Crippen molar-refractivity contribution in [2.24, 2.45) is 0 Å². The summed E-state index contributed by atoms with van der Waals surface area (Å²) in [5.74, 6) is 0.434. The third-order valence-electron chi connectivity index (χ3n) is 5.05. The molecule has 1 aromatic heterocycles. The van der Waals surface area contributed by atoms with Gasteiger partial charge in [-0.05, 0) is 18.2 Å². The third-order valence-corrected chi connectivity index (χ3v) is 5.26. The highest BCUT2D eigenvalue weighted by atomic mass is 35.5. The average Bonchev–Trinajstić information content (AvgIpc) is 2.75. The lowest BCUT2D eigenvalue weighted by atomic mass is 10.2. The molecule has 0 aliphatic carbocycles. The number of carbonyl (C=O) groups excluding carboxylic acids is 2. The number of rotatable bonds is 4. The molecule has 11 heteroatoms. The largest absolute Gasteiger partial charge is 0.482 e. The summed E-state index contributed by atoms with van der Waals surface area (Å²) < 4.78 is 5.34. The summed E-state index contributed by atoms with van der Waals surface area (Å²) >= 11 is 5.95. The van der Waals surface area contributed by atoms with Gasteiger partial charge in [-0.3, -0.25) is 24.6 Å². The highest BCUT2D eigenvalue weighted by molar-refractivity contribution is 6.29. The number of benzene rings is 1. The number of carbonyl (C=O) groups is 2. The minimum absolute atomic E-state index is 0.174. The summed E-state index contributed by atoms with van der Waals surface area (Å²) in [5.41, 5.74) is 0.0581. The van der Waals surface area contributed by atoms with Crippen molar-refractivity contribution in [1.29, 1.82) is 0 Å². The van der Waals surface area contributed by atoms with Crippen molar-refractivity contribution in [3.05, 3.63) is 51.7 Å². The Morgan fingerprint density at radius 1 is 1.20 bits per heavy atom. The molecule has 3 heterocycles. The molecule has 0 unspecified atom stereocenters. The number of non-ortho nitro benzene ring substituents is 1. The Labute approximate surface area is 176 Å². The summed E-state index contributed by atoms with van der Waals surface area (Å²) in [6.07, 6.45) is 0. The topological polar surface area (TPSA) is 109 Å². The molecule has 1 aromatic carbocycles. The van der Waals surface area contributed by atoms with Crippen LogP contribution in [0.15, 0.2) is 36.4 Å². The summed E-state index contributed by atoms with van der Waals surface area (Å²) in [7, 11) is 0. The minimum Gasteiger partial charge on any atom is -0.482 e. The molecule has 0 bridgehead atoms. The number of hydrogen-bond acceptors (Lipinski definition) is 7. The van der Waals surface area contributed by atoms with Gasteiger partial charge in [0.25, 0.3) is 11.6 Å². The smallest absolute Gasteiger partial charge is 0.271 e. The third kappa shape index (κ3) is 3.99. The van der Waals surface area contributed by atoms with Crippen molar-refractivity contribution in [3.63, 3.8) is 0 Å². The monoisotopic (exact) mass is 431 g/mol. The van der Waals surface area contributed by atoms with Crippen LogP contribution in [0.4, 0.5) is 17.2 Å². The maximum absolute atomic E-state index is 12.8. The van der Waals surface area contributed by atoms with Crippen molar-refractivity contribution in [3.8, 4) is 5.75 Å². The van der Waals surface area contributed by atoms with Crippen LogP contribution in [0.25, 0.3) is 0 Å². The Morgan fingerprint density at radius 3 is 2.67 bits per heavy atom. The van der Waals surface area contributed by atoms with Gasteiger partial charge in [0.15, 0.2) is 6.61 Å². The number of aromatic nitrogens is 1. The fourth-order valence-electron chi connectivity index (χ4n) is 3.47. The van der Waals surface area contributed by atoms with Gasteiger partial charge in [-0.25, -0.2) is 4.98 Å². The molecule has 156 valence electrons. The van der Waals surface area contributed by atoms with Crippen LogP contribution in [0.3, 0.4) is 0 Å². The van der Waals surface area contributed by atoms with E-state index in [2.05, 4.69) is 4.98 Å². The van der Waals surface area contributed by atoms with E-state index < -0.39 is 10.8 Å². The highest BCUT2D eigenvalue weighted by Gasteiger charge is 2.31. The summed E-state index contributed by atoms with van der Waals surface area (Å²) in [5, 5.41) is 11.5. The second kappa shape index (κ2) is 8.15. The lowest BCUT2D eigenvalue weighted by Gasteiger charge is -2.37. The maximum atomic E-state index is 12.8. The van der Waals surface area contributed by atoms with Crippen LogP contribution in [0.1, 0.15) is 0 Å². The SMILES string of the molecule is O=C(CN1C(=O)COc2ccc([N+](=O)[O-])cc21)N1CCN(c2cccc(Cl)n2)CC1. The molecule has 0 atom stereocenters. The molecule has 2 aliphatic rings. The maximum Gasteiger partial charge on any atom is 0.271 e. The molecule has 10 nitrogen and oxygen atoms in total. The van der Waals surface area contributed by atoms with Crippen molar-refractivity contribution in [2.45, 2.75) is 0 Å². The Balaban J connectivity index is 1.44. The van der Waals surface area contributed by atoms with Gasteiger partial charge in [0.1, 0.15) is 23.3 Å². The Bertz CT molecular complexity index is 1010. The summed E-state index contributed by atoms with van der Waals surface area (Å²) in [4.78, 5) is 45.0. The number of nitro groups is 1. The van der Waals surface area contributed by atoms with Crippen LogP contribution in [0.2, 0.25) is 5.15 Å². The van der Waals surface area contributed by atoms with Gasteiger partial charge in [-0.2, -0.15) is 0 Å². The second-order valence-electron chi connectivity index (χ2n) is 6.86. The lowest BCUT2D eigenvalue weighted by Crippen LogP contribution is -2.53. The fourth-order valence-corrected chi connectivity index (χ4v) is 3.63. The van der Waals surface area contributed by atoms with Gasteiger partial charge in [-0.1, -0.05) is 17.7 Å². The van der Waals surface area contributed by atoms with E-state index in [1.807, 2.05) is 17.0 Å². The summed E-state index contributed by atoms with van der Waals surface area (Å²) in [6, 6.07) is 9.38. The molecule has 30 heavy (non-hydrogen) atoms. The molecule has 0 N–H and O–H groups in total. The van der Waals surface area contributed by atoms with Crippen molar-refractivity contribution in [1.82, 2.24) is 9.88 Å². The first-order valence-electron chi connectivity index (χ1n) is 9.29. The lowest BCUT2D eigenvalue weighted by molar-refractivity contribution is -0.384. The molecule has 1 fully saturated rings. The molecule has 0 radical (unpaired) electrons. The van der Waals surface area contributed by atoms with Crippen LogP contribution < -0.4 is 14.5 Å². The number of piperazine rings is 1. The number of hydrogen-bond donors (Lipinski definition) is 0. The van der Waals surface area contributed by atoms with Crippen LogP contribution in [-0.4, -0.2) is 66.0 Å². The molecule has 0 saturated carbocycles. The zero-order valence-corrected chi connectivity index (χ0v) is 16.6. The van der Waals surface area contributed by atoms with Gasteiger partial charge >= 0.3 is 0 Å². The van der Waals surface area contributed by atoms with Gasteiger partial charge < -0.3 is 14.5 Å². The number of amides is 2. The van der Waals surface area contributed by atoms with Crippen molar-refractivity contribution >= 4 is 40.6 Å². The molecule has 2 aliphatic heterocycles. The van der Waals surface area contributed by atoms with Gasteiger partial charge in [0, 0.05) is 38.3 Å². The van der Waals surface area contributed by atoms with E-state index in [0.29, 0.717) is 37.1 Å². The molecule has 0 spiro atoms. The molecule has 1 saturated heterocycles. The van der Waals surface area contributed by atoms with Crippen LogP contribution in [0.5, 0.6) is 5.75 Å². The van der Waals surface area contributed by atoms with E-state index in [0.717, 1.165) is 5.82 Å². The van der Waals surface area contributed by atoms with Crippen LogP contribution in [-0.2, 0) is 9.59 Å². The molecular weight excluding hydrogens is 414 g/mol. The number of ether oxygens (including phenoxy) is 1. The Morgan fingerprint density at radius 2 is 1.97 bits per heavy atom. The van der Waals surface area contributed by atoms with Gasteiger partial charge in [0.2, 0.25) is 5.91 Å². The van der Waals surface area contributed by atoms with Crippen LogP contribution >= 0.6 is 11.6 Å². The second-order valence-corrected chi connectivity index (χ2v) is 7.25. The zero-order valence-electron chi connectivity index (χ0n) is 15.9. The average molecular weight is 432 g/mol. The van der Waals surface area contributed by atoms with Crippen molar-refractivity contribution in [2.75, 3.05) is 49.1 Å². The molecule has 2 amide bonds. The first kappa shape index (κ1) is 19.9. The predicted octanol–water partition coefficient (Wildman–Crippen LogP) is 1.72. The number of fused-ring (bicyclic) bond motifs is 1. The quantitative estimate of drug-likeness (QED) is 0.412. The van der Waals surface area contributed by atoms with Gasteiger partial charge in [0.05, 0.1) is 10.6 Å². The number of pyridine rings is 1. The standard InChI is InChI=1S/C19H18ClN5O5/c20-16-2-1-3-17(21-16)22-6-8-23(9-7-22)18(26)11-24-14-10-13(25(28)29)4-5-15(14)30-12-19(24)27/h1-5,10H,6-9,11-12H2. The number of nitro benzene ring substituents is 1. The van der Waals surface area contributed by atoms with E-state index in [1.165, 1.54) is 23.1 Å². The number of halogens is 1. The molecule has 4 rings (SSSR count). The van der Waals surface area contributed by atoms with E-state index in [-0.39, 0.29) is 30.4 Å². The van der Waals surface area contributed by atoms with Crippen LogP contribution in [0, 0.1) is 10.1 Å². The Hall–Kier alpha value is -3.40. The molecular formula is C19H18ClN5O5. The Kier molecular flexibility index (Phi) is 5.40. The first-order valence-corrected chi connectivity index (χ1v) is 9.67.